The molecular formula is C17H20N4O3. The first kappa shape index (κ1) is 16.0. The molecule has 2 aromatic rings. The van der Waals surface area contributed by atoms with Gasteiger partial charge in [0, 0.05) is 19.3 Å². The van der Waals surface area contributed by atoms with Gasteiger partial charge in [0.2, 0.25) is 11.8 Å². The molecule has 1 unspecified atom stereocenters. The van der Waals surface area contributed by atoms with Crippen LogP contribution in [0.4, 0.5) is 5.69 Å². The molecule has 1 atom stereocenters. The second-order valence-electron chi connectivity index (χ2n) is 5.83. The Morgan fingerprint density at radius 2 is 2.04 bits per heavy atom. The van der Waals surface area contributed by atoms with E-state index < -0.39 is 6.04 Å². The van der Waals surface area contributed by atoms with Crippen molar-refractivity contribution in [1.82, 2.24) is 15.1 Å². The van der Waals surface area contributed by atoms with Gasteiger partial charge >= 0.3 is 0 Å². The molecule has 1 aliphatic rings. The van der Waals surface area contributed by atoms with Crippen LogP contribution in [0.2, 0.25) is 0 Å². The second-order valence-corrected chi connectivity index (χ2v) is 5.83. The minimum atomic E-state index is -0.538. The number of anilines is 1. The summed E-state index contributed by atoms with van der Waals surface area (Å²) in [6, 6.07) is 7.23. The number of amides is 2. The topological polar surface area (TPSA) is 76.5 Å². The van der Waals surface area contributed by atoms with Crippen molar-refractivity contribution in [2.75, 3.05) is 18.6 Å². The Morgan fingerprint density at radius 1 is 1.33 bits per heavy atom. The van der Waals surface area contributed by atoms with Crippen molar-refractivity contribution in [2.24, 2.45) is 7.05 Å². The van der Waals surface area contributed by atoms with Crippen molar-refractivity contribution in [3.63, 3.8) is 0 Å². The summed E-state index contributed by atoms with van der Waals surface area (Å²) in [4.78, 5) is 26.7. The molecule has 1 aliphatic heterocycles. The molecule has 24 heavy (non-hydrogen) atoms. The fourth-order valence-electron chi connectivity index (χ4n) is 2.86. The Hall–Kier alpha value is -2.83. The van der Waals surface area contributed by atoms with Crippen LogP contribution >= 0.6 is 0 Å². The number of rotatable bonds is 4. The van der Waals surface area contributed by atoms with Crippen LogP contribution < -0.4 is 15.0 Å². The Morgan fingerprint density at radius 3 is 2.71 bits per heavy atom. The van der Waals surface area contributed by atoms with Crippen LogP contribution in [0.25, 0.3) is 0 Å². The number of benzene rings is 1. The zero-order valence-corrected chi connectivity index (χ0v) is 13.9. The molecule has 0 aliphatic carbocycles. The number of hydrogen-bond acceptors (Lipinski definition) is 4. The van der Waals surface area contributed by atoms with Crippen LogP contribution in [0.15, 0.2) is 30.5 Å². The van der Waals surface area contributed by atoms with Crippen molar-refractivity contribution >= 4 is 17.5 Å². The Bertz CT molecular complexity index is 767. The Balaban J connectivity index is 1.71. The lowest BCUT2D eigenvalue weighted by molar-refractivity contribution is -0.118. The summed E-state index contributed by atoms with van der Waals surface area (Å²) < 4.78 is 6.65. The van der Waals surface area contributed by atoms with Gasteiger partial charge in [0.25, 0.3) is 5.91 Å². The summed E-state index contributed by atoms with van der Waals surface area (Å²) in [5.41, 5.74) is 2.31. The monoisotopic (exact) mass is 328 g/mol. The molecule has 3 rings (SSSR count). The quantitative estimate of drug-likeness (QED) is 0.917. The molecule has 0 saturated carbocycles. The molecule has 0 spiro atoms. The predicted molar refractivity (Wildman–Crippen MR) is 89.2 cm³/mol. The van der Waals surface area contributed by atoms with Gasteiger partial charge in [-0.2, -0.15) is 5.10 Å². The van der Waals surface area contributed by atoms with E-state index in [-0.39, 0.29) is 11.8 Å². The van der Waals surface area contributed by atoms with E-state index in [0.29, 0.717) is 24.4 Å². The molecule has 1 aromatic carbocycles. The molecule has 2 heterocycles. The highest BCUT2D eigenvalue weighted by atomic mass is 16.5. The van der Waals surface area contributed by atoms with E-state index in [1.165, 1.54) is 18.0 Å². The van der Waals surface area contributed by atoms with Crippen molar-refractivity contribution in [3.05, 3.63) is 41.6 Å². The molecule has 1 saturated heterocycles. The number of ether oxygens (including phenoxy) is 1. The number of carbonyl (C=O) groups excluding carboxylic acids is 2. The number of hydrogen-bond donors (Lipinski definition) is 1. The summed E-state index contributed by atoms with van der Waals surface area (Å²) >= 11 is 0. The van der Waals surface area contributed by atoms with Crippen molar-refractivity contribution < 1.29 is 14.3 Å². The number of nitrogens with zero attached hydrogens (tertiary/aromatic N) is 3. The highest BCUT2D eigenvalue weighted by Crippen LogP contribution is 2.23. The molecule has 1 fully saturated rings. The zero-order valence-electron chi connectivity index (χ0n) is 13.9. The van der Waals surface area contributed by atoms with Crippen LogP contribution in [-0.4, -0.2) is 41.3 Å². The maximum atomic E-state index is 12.6. The predicted octanol–water partition coefficient (Wildman–Crippen LogP) is 1.27. The van der Waals surface area contributed by atoms with Crippen molar-refractivity contribution in [3.8, 4) is 5.88 Å². The fourth-order valence-corrected chi connectivity index (χ4v) is 2.86. The average molecular weight is 328 g/mol. The average Bonchev–Trinajstić information content (AvgIpc) is 3.12. The van der Waals surface area contributed by atoms with Gasteiger partial charge in [-0.3, -0.25) is 9.59 Å². The number of methoxy groups -OCH3 is 1. The van der Waals surface area contributed by atoms with Crippen LogP contribution in [0.3, 0.4) is 0 Å². The molecule has 1 N–H and O–H groups in total. The number of carbonyl (C=O) groups is 2. The van der Waals surface area contributed by atoms with Gasteiger partial charge in [0.05, 0.1) is 13.3 Å². The number of nitrogens with one attached hydrogen (secondary N) is 1. The lowest BCUT2D eigenvalue weighted by Crippen LogP contribution is -2.41. The van der Waals surface area contributed by atoms with Gasteiger partial charge in [0.1, 0.15) is 11.6 Å². The van der Waals surface area contributed by atoms with E-state index in [0.717, 1.165) is 11.3 Å². The van der Waals surface area contributed by atoms with Gasteiger partial charge in [-0.05, 0) is 25.5 Å². The maximum absolute atomic E-state index is 12.6. The fraction of sp³-hybridized carbons (Fsp3) is 0.353. The Labute approximate surface area is 140 Å². The minimum absolute atomic E-state index is 0.102. The molecule has 2 amide bonds. The zero-order chi connectivity index (χ0) is 17.3. The highest BCUT2D eigenvalue weighted by molar-refractivity contribution is 6.04. The smallest absolute Gasteiger partial charge is 0.259 e. The van der Waals surface area contributed by atoms with Crippen LogP contribution in [0, 0.1) is 6.92 Å². The third-order valence-electron chi connectivity index (χ3n) is 4.18. The maximum Gasteiger partial charge on any atom is 0.259 e. The third-order valence-corrected chi connectivity index (χ3v) is 4.18. The SMILES string of the molecule is COc1c(C(=O)NC2CCN(c3ccc(C)cc3)C2=O)cnn1C. The molecule has 7 heteroatoms. The molecule has 1 aromatic heterocycles. The first-order valence-electron chi connectivity index (χ1n) is 7.76. The Kier molecular flexibility index (Phi) is 4.24. The lowest BCUT2D eigenvalue weighted by Gasteiger charge is -2.17. The first-order chi connectivity index (χ1) is 11.5. The summed E-state index contributed by atoms with van der Waals surface area (Å²) in [6.07, 6.45) is 2.01. The number of aryl methyl sites for hydroxylation is 2. The van der Waals surface area contributed by atoms with E-state index in [2.05, 4.69) is 10.4 Å². The summed E-state index contributed by atoms with van der Waals surface area (Å²) in [5.74, 6) is -0.0903. The van der Waals surface area contributed by atoms with E-state index in [9.17, 15) is 9.59 Å². The highest BCUT2D eigenvalue weighted by Gasteiger charge is 2.34. The van der Waals surface area contributed by atoms with Crippen LogP contribution in [-0.2, 0) is 11.8 Å². The van der Waals surface area contributed by atoms with Gasteiger partial charge in [0.15, 0.2) is 0 Å². The molecular weight excluding hydrogens is 308 g/mol. The lowest BCUT2D eigenvalue weighted by atomic mass is 10.2. The normalized spacial score (nSPS) is 17.2. The van der Waals surface area contributed by atoms with Crippen LogP contribution in [0.5, 0.6) is 5.88 Å². The largest absolute Gasteiger partial charge is 0.481 e. The number of aromatic nitrogens is 2. The molecule has 126 valence electrons. The standard InChI is InChI=1S/C17H20N4O3/c1-11-4-6-12(7-5-11)21-9-8-14(16(21)23)19-15(22)13-10-18-20(2)17(13)24-3/h4-7,10,14H,8-9H2,1-3H3,(H,19,22). The first-order valence-corrected chi connectivity index (χ1v) is 7.76. The van der Waals surface area contributed by atoms with Crippen molar-refractivity contribution in [2.45, 2.75) is 19.4 Å². The molecule has 0 bridgehead atoms. The summed E-state index contributed by atoms with van der Waals surface area (Å²) in [7, 11) is 3.17. The van der Waals surface area contributed by atoms with Gasteiger partial charge in [-0.15, -0.1) is 0 Å². The van der Waals surface area contributed by atoms with E-state index >= 15 is 0 Å². The summed E-state index contributed by atoms with van der Waals surface area (Å²) in [6.45, 7) is 2.58. The molecule has 7 nitrogen and oxygen atoms in total. The van der Waals surface area contributed by atoms with E-state index in [4.69, 9.17) is 4.74 Å². The van der Waals surface area contributed by atoms with Gasteiger partial charge in [-0.1, -0.05) is 17.7 Å². The van der Waals surface area contributed by atoms with Crippen LogP contribution in [0.1, 0.15) is 22.3 Å². The summed E-state index contributed by atoms with van der Waals surface area (Å²) in [5, 5.41) is 6.79. The third kappa shape index (κ3) is 2.84. The van der Waals surface area contributed by atoms with Gasteiger partial charge in [-0.25, -0.2) is 4.68 Å². The minimum Gasteiger partial charge on any atom is -0.481 e. The van der Waals surface area contributed by atoms with E-state index in [1.54, 1.807) is 11.9 Å². The second kappa shape index (κ2) is 6.35. The van der Waals surface area contributed by atoms with Crippen molar-refractivity contribution in [1.29, 1.82) is 0 Å². The molecule has 0 radical (unpaired) electrons. The van der Waals surface area contributed by atoms with Gasteiger partial charge < -0.3 is 15.0 Å². The van der Waals surface area contributed by atoms with E-state index in [1.807, 2.05) is 31.2 Å².